The van der Waals surface area contributed by atoms with Gasteiger partial charge in [-0.15, -0.1) is 6.58 Å². The maximum atomic E-state index is 9.10. The zero-order chi connectivity index (χ0) is 20.2. The van der Waals surface area contributed by atoms with Crippen molar-refractivity contribution >= 4 is 23.5 Å². The summed E-state index contributed by atoms with van der Waals surface area (Å²) in [5.41, 5.74) is 1.20. The number of hydrogen-bond donors (Lipinski definition) is 3. The van der Waals surface area contributed by atoms with Crippen LogP contribution in [0.25, 0.3) is 0 Å². The molecule has 0 bridgehead atoms. The van der Waals surface area contributed by atoms with Gasteiger partial charge in [0.25, 0.3) is 0 Å². The predicted molar refractivity (Wildman–Crippen MR) is 103 cm³/mol. The molecular formula is C19H28ClNO5. The normalized spacial score (nSPS) is 10.5. The van der Waals surface area contributed by atoms with Gasteiger partial charge in [-0.1, -0.05) is 38.4 Å². The summed E-state index contributed by atoms with van der Waals surface area (Å²) in [6, 6.07) is 5.86. The van der Waals surface area contributed by atoms with Crippen molar-refractivity contribution in [1.29, 1.82) is 0 Å². The quantitative estimate of drug-likeness (QED) is 0.358. The topological polar surface area (TPSA) is 95.9 Å². The van der Waals surface area contributed by atoms with E-state index in [-0.39, 0.29) is 5.41 Å². The van der Waals surface area contributed by atoms with Crippen molar-refractivity contribution in [3.63, 3.8) is 0 Å². The van der Waals surface area contributed by atoms with E-state index in [2.05, 4.69) is 32.7 Å². The lowest BCUT2D eigenvalue weighted by Gasteiger charge is -2.23. The Morgan fingerprint density at radius 3 is 2.35 bits per heavy atom. The first-order chi connectivity index (χ1) is 12.1. The van der Waals surface area contributed by atoms with Gasteiger partial charge < -0.3 is 20.3 Å². The van der Waals surface area contributed by atoms with Gasteiger partial charge in [0, 0.05) is 17.1 Å². The van der Waals surface area contributed by atoms with Crippen molar-refractivity contribution in [2.45, 2.75) is 39.0 Å². The minimum Gasteiger partial charge on any atom is -0.493 e. The fourth-order valence-corrected chi connectivity index (χ4v) is 2.12. The van der Waals surface area contributed by atoms with E-state index in [9.17, 15) is 0 Å². The van der Waals surface area contributed by atoms with Crippen LogP contribution in [-0.4, -0.2) is 41.8 Å². The minimum absolute atomic E-state index is 0.0335. The van der Waals surface area contributed by atoms with Crippen molar-refractivity contribution in [3.8, 4) is 5.75 Å². The first-order valence-corrected chi connectivity index (χ1v) is 8.68. The van der Waals surface area contributed by atoms with Crippen LogP contribution in [0.15, 0.2) is 30.9 Å². The second kappa shape index (κ2) is 12.3. The number of halogens is 1. The SMILES string of the molecule is C=CCNCCCCOc1ccc(Cl)cc1C(C)(C)C.O=C(O)C(=O)O. The Balaban J connectivity index is 0.000000896. The van der Waals surface area contributed by atoms with Crippen LogP contribution >= 0.6 is 11.6 Å². The lowest BCUT2D eigenvalue weighted by Crippen LogP contribution is -2.16. The molecule has 0 radical (unpaired) electrons. The summed E-state index contributed by atoms with van der Waals surface area (Å²) in [5.74, 6) is -2.70. The highest BCUT2D eigenvalue weighted by molar-refractivity contribution is 6.30. The van der Waals surface area contributed by atoms with E-state index in [1.807, 2.05) is 24.3 Å². The number of carboxylic acids is 2. The molecule has 0 aliphatic heterocycles. The van der Waals surface area contributed by atoms with Crippen LogP contribution in [-0.2, 0) is 15.0 Å². The summed E-state index contributed by atoms with van der Waals surface area (Å²) in [5, 5.41) is 18.8. The molecule has 0 saturated carbocycles. The lowest BCUT2D eigenvalue weighted by molar-refractivity contribution is -0.159. The number of aliphatic carboxylic acids is 2. The van der Waals surface area contributed by atoms with E-state index in [1.165, 1.54) is 0 Å². The zero-order valence-electron chi connectivity index (χ0n) is 15.5. The summed E-state index contributed by atoms with van der Waals surface area (Å²) in [7, 11) is 0. The Kier molecular flexibility index (Phi) is 11.4. The number of benzene rings is 1. The minimum atomic E-state index is -1.82. The summed E-state index contributed by atoms with van der Waals surface area (Å²) in [6.07, 6.45) is 4.02. The number of hydrogen-bond acceptors (Lipinski definition) is 4. The highest BCUT2D eigenvalue weighted by atomic mass is 35.5. The molecule has 0 aliphatic carbocycles. The van der Waals surface area contributed by atoms with Crippen molar-refractivity contribution in [2.24, 2.45) is 0 Å². The fraction of sp³-hybridized carbons (Fsp3) is 0.474. The van der Waals surface area contributed by atoms with Gasteiger partial charge in [0.15, 0.2) is 0 Å². The van der Waals surface area contributed by atoms with Gasteiger partial charge in [0.1, 0.15) is 5.75 Å². The molecule has 0 unspecified atom stereocenters. The average Bonchev–Trinajstić information content (AvgIpc) is 2.54. The summed E-state index contributed by atoms with van der Waals surface area (Å²) in [6.45, 7) is 12.8. The molecule has 1 rings (SSSR count). The summed E-state index contributed by atoms with van der Waals surface area (Å²) in [4.78, 5) is 18.2. The summed E-state index contributed by atoms with van der Waals surface area (Å²) < 4.78 is 5.92. The molecule has 26 heavy (non-hydrogen) atoms. The molecule has 0 fully saturated rings. The Labute approximate surface area is 159 Å². The monoisotopic (exact) mass is 385 g/mol. The van der Waals surface area contributed by atoms with E-state index < -0.39 is 11.9 Å². The highest BCUT2D eigenvalue weighted by Gasteiger charge is 2.19. The average molecular weight is 386 g/mol. The van der Waals surface area contributed by atoms with Gasteiger partial charge in [0.05, 0.1) is 6.61 Å². The van der Waals surface area contributed by atoms with Crippen LogP contribution in [0.1, 0.15) is 39.2 Å². The third-order valence-electron chi connectivity index (χ3n) is 3.23. The van der Waals surface area contributed by atoms with E-state index >= 15 is 0 Å². The van der Waals surface area contributed by atoms with Crippen molar-refractivity contribution in [2.75, 3.05) is 19.7 Å². The van der Waals surface area contributed by atoms with Crippen LogP contribution in [0, 0.1) is 0 Å². The molecule has 0 aliphatic rings. The molecule has 146 valence electrons. The molecule has 0 amide bonds. The highest BCUT2D eigenvalue weighted by Crippen LogP contribution is 2.33. The molecule has 1 aromatic rings. The molecule has 1 aromatic carbocycles. The largest absolute Gasteiger partial charge is 0.493 e. The van der Waals surface area contributed by atoms with Gasteiger partial charge in [0.2, 0.25) is 0 Å². The van der Waals surface area contributed by atoms with E-state index in [1.54, 1.807) is 0 Å². The standard InChI is InChI=1S/C17H26ClNO.C2H2O4/c1-5-10-19-11-6-7-12-20-16-9-8-14(18)13-15(16)17(2,3)4;3-1(4)2(5)6/h5,8-9,13,19H,1,6-7,10-12H2,2-4H3;(H,3,4)(H,5,6). The zero-order valence-corrected chi connectivity index (χ0v) is 16.3. The van der Waals surface area contributed by atoms with Crippen LogP contribution in [0.5, 0.6) is 5.75 Å². The molecule has 0 aromatic heterocycles. The maximum absolute atomic E-state index is 9.10. The fourth-order valence-electron chi connectivity index (χ4n) is 1.95. The second-order valence-corrected chi connectivity index (χ2v) is 6.99. The smallest absolute Gasteiger partial charge is 0.414 e. The first kappa shape index (κ1) is 23.9. The van der Waals surface area contributed by atoms with Crippen molar-refractivity contribution < 1.29 is 24.5 Å². The third kappa shape index (κ3) is 10.7. The van der Waals surface area contributed by atoms with E-state index in [0.717, 1.165) is 48.9 Å². The maximum Gasteiger partial charge on any atom is 0.414 e. The van der Waals surface area contributed by atoms with Crippen LogP contribution in [0.3, 0.4) is 0 Å². The Hall–Kier alpha value is -2.05. The molecule has 0 atom stereocenters. The number of unbranched alkanes of at least 4 members (excludes halogenated alkanes) is 1. The number of rotatable bonds is 8. The van der Waals surface area contributed by atoms with Crippen molar-refractivity contribution in [3.05, 3.63) is 41.4 Å². The molecule has 6 nitrogen and oxygen atoms in total. The second-order valence-electron chi connectivity index (χ2n) is 6.55. The lowest BCUT2D eigenvalue weighted by atomic mass is 9.86. The third-order valence-corrected chi connectivity index (χ3v) is 3.46. The Morgan fingerprint density at radius 1 is 1.23 bits per heavy atom. The molecule has 0 saturated heterocycles. The van der Waals surface area contributed by atoms with E-state index in [0.29, 0.717) is 0 Å². The van der Waals surface area contributed by atoms with Gasteiger partial charge >= 0.3 is 11.9 Å². The van der Waals surface area contributed by atoms with Gasteiger partial charge in [-0.3, -0.25) is 0 Å². The summed E-state index contributed by atoms with van der Waals surface area (Å²) >= 11 is 6.08. The number of carboxylic acid groups (broad SMARTS) is 2. The van der Waals surface area contributed by atoms with Crippen LogP contribution < -0.4 is 10.1 Å². The first-order valence-electron chi connectivity index (χ1n) is 8.30. The molecule has 7 heteroatoms. The molecule has 0 spiro atoms. The number of nitrogens with one attached hydrogen (secondary N) is 1. The van der Waals surface area contributed by atoms with Crippen molar-refractivity contribution in [1.82, 2.24) is 5.32 Å². The van der Waals surface area contributed by atoms with Gasteiger partial charge in [-0.05, 0) is 43.0 Å². The predicted octanol–water partition coefficient (Wildman–Crippen LogP) is 3.73. The van der Waals surface area contributed by atoms with E-state index in [4.69, 9.17) is 36.1 Å². The number of carbonyl (C=O) groups is 2. The Morgan fingerprint density at radius 2 is 1.85 bits per heavy atom. The number of ether oxygens (including phenoxy) is 1. The van der Waals surface area contributed by atoms with Crippen LogP contribution in [0.2, 0.25) is 5.02 Å². The van der Waals surface area contributed by atoms with Gasteiger partial charge in [-0.25, -0.2) is 9.59 Å². The Bertz CT molecular complexity index is 584. The molecule has 0 heterocycles. The van der Waals surface area contributed by atoms with Gasteiger partial charge in [-0.2, -0.15) is 0 Å². The van der Waals surface area contributed by atoms with Crippen LogP contribution in [0.4, 0.5) is 0 Å². The molecule has 3 N–H and O–H groups in total. The molecular weight excluding hydrogens is 358 g/mol.